The second-order valence-electron chi connectivity index (χ2n) is 7.23. The number of benzene rings is 1. The molecule has 0 spiro atoms. The highest BCUT2D eigenvalue weighted by Crippen LogP contribution is 2.18. The van der Waals surface area contributed by atoms with Crippen molar-refractivity contribution in [1.29, 1.82) is 0 Å². The van der Waals surface area contributed by atoms with Gasteiger partial charge < -0.3 is 37.3 Å². The van der Waals surface area contributed by atoms with Crippen molar-refractivity contribution in [2.24, 2.45) is 11.5 Å². The molecule has 0 aliphatic heterocycles. The zero-order chi connectivity index (χ0) is 23.8. The lowest BCUT2D eigenvalue weighted by atomic mass is 10.0. The monoisotopic (exact) mass is 447 g/mol. The molecule has 2 rings (SSSR count). The standard InChI is InChI=1S/C20H25N5O7/c21-12(7-10-9-23-13-4-2-1-3-11(10)13)18(29)24-14(5-6-16(22)26)19(30)25-15(20(31)32)8-17(27)28/h1-4,9,12,14-15,23H,5-8,21H2,(H2,22,26)(H,24,29)(H,25,30)(H,27,28)(H,31,32)/t12-,14-,15-/m0/s1. The topological polar surface area (TPSA) is 218 Å². The number of aromatic nitrogens is 1. The number of nitrogens with one attached hydrogen (secondary N) is 3. The molecule has 172 valence electrons. The molecule has 0 aliphatic carbocycles. The predicted octanol–water partition coefficient (Wildman–Crippen LogP) is -1.17. The normalized spacial score (nSPS) is 13.7. The van der Waals surface area contributed by atoms with Gasteiger partial charge >= 0.3 is 11.9 Å². The Kier molecular flexibility index (Phi) is 8.30. The average Bonchev–Trinajstić information content (AvgIpc) is 3.12. The molecule has 0 unspecified atom stereocenters. The van der Waals surface area contributed by atoms with E-state index in [0.29, 0.717) is 0 Å². The summed E-state index contributed by atoms with van der Waals surface area (Å²) in [7, 11) is 0. The molecule has 0 saturated carbocycles. The van der Waals surface area contributed by atoms with Crippen molar-refractivity contribution in [1.82, 2.24) is 15.6 Å². The lowest BCUT2D eigenvalue weighted by Gasteiger charge is -2.22. The number of carbonyl (C=O) groups excluding carboxylic acids is 3. The number of aromatic amines is 1. The summed E-state index contributed by atoms with van der Waals surface area (Å²) in [4.78, 5) is 61.4. The number of carboxylic acid groups (broad SMARTS) is 2. The highest BCUT2D eigenvalue weighted by molar-refractivity contribution is 5.93. The molecule has 0 aliphatic rings. The molecule has 0 fully saturated rings. The summed E-state index contributed by atoms with van der Waals surface area (Å²) < 4.78 is 0. The number of fused-ring (bicyclic) bond motifs is 1. The van der Waals surface area contributed by atoms with E-state index in [4.69, 9.17) is 21.7 Å². The number of hydrogen-bond acceptors (Lipinski definition) is 6. The third kappa shape index (κ3) is 6.80. The molecule has 32 heavy (non-hydrogen) atoms. The first-order valence-corrected chi connectivity index (χ1v) is 9.72. The Balaban J connectivity index is 2.09. The van der Waals surface area contributed by atoms with Crippen LogP contribution in [0.3, 0.4) is 0 Å². The van der Waals surface area contributed by atoms with Crippen molar-refractivity contribution in [2.75, 3.05) is 0 Å². The van der Waals surface area contributed by atoms with Crippen molar-refractivity contribution in [3.05, 3.63) is 36.0 Å². The van der Waals surface area contributed by atoms with Crippen LogP contribution in [0, 0.1) is 0 Å². The van der Waals surface area contributed by atoms with Crippen molar-refractivity contribution in [3.8, 4) is 0 Å². The Hall–Kier alpha value is -3.93. The predicted molar refractivity (Wildman–Crippen MR) is 112 cm³/mol. The van der Waals surface area contributed by atoms with Crippen LogP contribution in [0.4, 0.5) is 0 Å². The van der Waals surface area contributed by atoms with E-state index in [2.05, 4.69) is 15.6 Å². The summed E-state index contributed by atoms with van der Waals surface area (Å²) in [6.07, 6.45) is 0.520. The number of aliphatic carboxylic acids is 2. The maximum atomic E-state index is 12.6. The van der Waals surface area contributed by atoms with Gasteiger partial charge in [0.2, 0.25) is 17.7 Å². The van der Waals surface area contributed by atoms with Crippen LogP contribution in [0.2, 0.25) is 0 Å². The molecule has 3 amide bonds. The molecule has 12 nitrogen and oxygen atoms in total. The van der Waals surface area contributed by atoms with Crippen LogP contribution in [-0.2, 0) is 30.4 Å². The van der Waals surface area contributed by atoms with Gasteiger partial charge in [-0.1, -0.05) is 18.2 Å². The number of H-pyrrole nitrogens is 1. The van der Waals surface area contributed by atoms with Gasteiger partial charge in [0, 0.05) is 23.5 Å². The third-order valence-corrected chi connectivity index (χ3v) is 4.76. The van der Waals surface area contributed by atoms with Crippen LogP contribution < -0.4 is 22.1 Å². The number of primary amides is 1. The van der Waals surface area contributed by atoms with Gasteiger partial charge in [0.15, 0.2) is 0 Å². The largest absolute Gasteiger partial charge is 0.481 e. The molecule has 1 heterocycles. The van der Waals surface area contributed by atoms with Gasteiger partial charge in [-0.3, -0.25) is 19.2 Å². The quantitative estimate of drug-likeness (QED) is 0.210. The van der Waals surface area contributed by atoms with Gasteiger partial charge in [-0.25, -0.2) is 4.79 Å². The molecule has 1 aromatic heterocycles. The SMILES string of the molecule is NC(=O)CC[C@H](NC(=O)[C@@H](N)Cc1c[nH]c2ccccc12)C(=O)N[C@@H](CC(=O)O)C(=O)O. The Labute approximate surface area is 182 Å². The highest BCUT2D eigenvalue weighted by Gasteiger charge is 2.29. The minimum absolute atomic E-state index is 0.150. The average molecular weight is 447 g/mol. The van der Waals surface area contributed by atoms with Crippen LogP contribution in [0.5, 0.6) is 0 Å². The summed E-state index contributed by atoms with van der Waals surface area (Å²) in [5, 5.41) is 23.3. The fraction of sp³-hybridized carbons (Fsp3) is 0.350. The molecule has 1 aromatic carbocycles. The van der Waals surface area contributed by atoms with Crippen molar-refractivity contribution < 1.29 is 34.2 Å². The number of para-hydroxylation sites is 1. The van der Waals surface area contributed by atoms with E-state index in [1.165, 1.54) is 0 Å². The fourth-order valence-electron chi connectivity index (χ4n) is 3.11. The molecule has 3 atom stereocenters. The molecule has 0 bridgehead atoms. The van der Waals surface area contributed by atoms with E-state index < -0.39 is 54.2 Å². The van der Waals surface area contributed by atoms with Crippen molar-refractivity contribution in [2.45, 2.75) is 43.8 Å². The minimum atomic E-state index is -1.71. The minimum Gasteiger partial charge on any atom is -0.481 e. The Morgan fingerprint density at radius 3 is 2.28 bits per heavy atom. The van der Waals surface area contributed by atoms with E-state index in [0.717, 1.165) is 16.5 Å². The first kappa shape index (κ1) is 24.3. The third-order valence-electron chi connectivity index (χ3n) is 4.76. The van der Waals surface area contributed by atoms with E-state index in [1.54, 1.807) is 6.20 Å². The molecule has 0 radical (unpaired) electrons. The number of carboxylic acids is 2. The molecular formula is C20H25N5O7. The molecule has 12 heteroatoms. The summed E-state index contributed by atoms with van der Waals surface area (Å²) in [5.41, 5.74) is 12.8. The Bertz CT molecular complexity index is 1020. The van der Waals surface area contributed by atoms with Gasteiger partial charge in [-0.2, -0.15) is 0 Å². The fourth-order valence-corrected chi connectivity index (χ4v) is 3.11. The highest BCUT2D eigenvalue weighted by atomic mass is 16.4. The number of carbonyl (C=O) groups is 5. The lowest BCUT2D eigenvalue weighted by molar-refractivity contribution is -0.147. The summed E-state index contributed by atoms with van der Waals surface area (Å²) in [6.45, 7) is 0. The van der Waals surface area contributed by atoms with Crippen LogP contribution in [0.1, 0.15) is 24.8 Å². The van der Waals surface area contributed by atoms with Crippen LogP contribution in [-0.4, -0.2) is 63.0 Å². The molecular weight excluding hydrogens is 422 g/mol. The molecule has 2 aromatic rings. The van der Waals surface area contributed by atoms with Gasteiger partial charge in [-0.05, 0) is 24.5 Å². The number of rotatable bonds is 12. The number of hydrogen-bond donors (Lipinski definition) is 7. The zero-order valence-corrected chi connectivity index (χ0v) is 17.0. The van der Waals surface area contributed by atoms with Crippen LogP contribution in [0.15, 0.2) is 30.5 Å². The van der Waals surface area contributed by atoms with Gasteiger partial charge in [0.1, 0.15) is 12.1 Å². The van der Waals surface area contributed by atoms with Crippen molar-refractivity contribution in [3.63, 3.8) is 0 Å². The molecule has 9 N–H and O–H groups in total. The Morgan fingerprint density at radius 1 is 1.00 bits per heavy atom. The van der Waals surface area contributed by atoms with E-state index in [1.807, 2.05) is 24.3 Å². The van der Waals surface area contributed by atoms with Crippen LogP contribution in [0.25, 0.3) is 10.9 Å². The molecule has 0 saturated heterocycles. The lowest BCUT2D eigenvalue weighted by Crippen LogP contribution is -2.55. The Morgan fingerprint density at radius 2 is 1.66 bits per heavy atom. The number of nitrogens with two attached hydrogens (primary N) is 2. The smallest absolute Gasteiger partial charge is 0.326 e. The van der Waals surface area contributed by atoms with E-state index >= 15 is 0 Å². The van der Waals surface area contributed by atoms with Gasteiger partial charge in [0.25, 0.3) is 0 Å². The first-order chi connectivity index (χ1) is 15.1. The second-order valence-corrected chi connectivity index (χ2v) is 7.23. The summed E-state index contributed by atoms with van der Waals surface area (Å²) >= 11 is 0. The van der Waals surface area contributed by atoms with Crippen molar-refractivity contribution >= 4 is 40.6 Å². The van der Waals surface area contributed by atoms with Gasteiger partial charge in [-0.15, -0.1) is 0 Å². The first-order valence-electron chi connectivity index (χ1n) is 9.72. The maximum Gasteiger partial charge on any atom is 0.326 e. The maximum absolute atomic E-state index is 12.6. The zero-order valence-electron chi connectivity index (χ0n) is 17.0. The van der Waals surface area contributed by atoms with Crippen LogP contribution >= 0.6 is 0 Å². The van der Waals surface area contributed by atoms with Gasteiger partial charge in [0.05, 0.1) is 12.5 Å². The second kappa shape index (κ2) is 10.9. The summed E-state index contributed by atoms with van der Waals surface area (Å²) in [5.74, 6) is -5.40. The van der Waals surface area contributed by atoms with E-state index in [9.17, 15) is 24.0 Å². The van der Waals surface area contributed by atoms with E-state index in [-0.39, 0.29) is 19.3 Å². The number of amides is 3. The summed E-state index contributed by atoms with van der Waals surface area (Å²) in [6, 6.07) is 3.32.